The van der Waals surface area contributed by atoms with Crippen LogP contribution in [0.3, 0.4) is 0 Å². The fourth-order valence-electron chi connectivity index (χ4n) is 1.86. The highest BCUT2D eigenvalue weighted by Crippen LogP contribution is 2.14. The van der Waals surface area contributed by atoms with Gasteiger partial charge in [-0.2, -0.15) is 0 Å². The van der Waals surface area contributed by atoms with E-state index in [-0.39, 0.29) is 12.1 Å². The highest BCUT2D eigenvalue weighted by atomic mass is 16.5. The Hall–Kier alpha value is -1.36. The van der Waals surface area contributed by atoms with Gasteiger partial charge in [0, 0.05) is 32.1 Å². The molecular formula is C11H17N3O2. The predicted octanol–water partition coefficient (Wildman–Crippen LogP) is 1.35. The van der Waals surface area contributed by atoms with Crippen molar-refractivity contribution in [1.29, 1.82) is 0 Å². The summed E-state index contributed by atoms with van der Waals surface area (Å²) in [6.45, 7) is 4.32. The Morgan fingerprint density at radius 1 is 1.62 bits per heavy atom. The minimum Gasteiger partial charge on any atom is -0.376 e. The van der Waals surface area contributed by atoms with Gasteiger partial charge in [-0.3, -0.25) is 4.57 Å². The van der Waals surface area contributed by atoms with Gasteiger partial charge < -0.3 is 9.64 Å². The smallest absolute Gasteiger partial charge is 0.329 e. The summed E-state index contributed by atoms with van der Waals surface area (Å²) in [4.78, 5) is 17.6. The Kier molecular flexibility index (Phi) is 3.56. The molecule has 1 aromatic rings. The summed E-state index contributed by atoms with van der Waals surface area (Å²) in [5.41, 5.74) is 0. The quantitative estimate of drug-likeness (QED) is 0.777. The number of hydrogen-bond donors (Lipinski definition) is 0. The second-order valence-electron chi connectivity index (χ2n) is 3.98. The predicted molar refractivity (Wildman–Crippen MR) is 59.2 cm³/mol. The van der Waals surface area contributed by atoms with Gasteiger partial charge in [0.25, 0.3) is 0 Å². The average molecular weight is 223 g/mol. The molecule has 16 heavy (non-hydrogen) atoms. The lowest BCUT2D eigenvalue weighted by Gasteiger charge is -2.16. The fourth-order valence-corrected chi connectivity index (χ4v) is 1.86. The van der Waals surface area contributed by atoms with E-state index in [2.05, 4.69) is 11.9 Å². The lowest BCUT2D eigenvalue weighted by atomic mass is 10.3. The van der Waals surface area contributed by atoms with Gasteiger partial charge in [-0.05, 0) is 12.8 Å². The van der Waals surface area contributed by atoms with Gasteiger partial charge in [-0.1, -0.05) is 6.92 Å². The fraction of sp³-hybridized carbons (Fsp3) is 0.636. The van der Waals surface area contributed by atoms with Crippen LogP contribution < -0.4 is 0 Å². The number of likely N-dealkylation sites (tertiary alicyclic amines) is 1. The Morgan fingerprint density at radius 3 is 3.19 bits per heavy atom. The van der Waals surface area contributed by atoms with E-state index in [1.54, 1.807) is 12.4 Å². The molecule has 0 bridgehead atoms. The summed E-state index contributed by atoms with van der Waals surface area (Å²) >= 11 is 0. The van der Waals surface area contributed by atoms with Crippen LogP contribution in [0.1, 0.15) is 19.8 Å². The molecule has 5 nitrogen and oxygen atoms in total. The number of carbonyl (C=O) groups is 1. The SMILES string of the molecule is CCCO[C@@H]1CCN(C(=O)n2ccnc2)C1. The molecule has 0 aromatic carbocycles. The number of amides is 1. The van der Waals surface area contributed by atoms with Crippen molar-refractivity contribution < 1.29 is 9.53 Å². The molecule has 1 saturated heterocycles. The number of aromatic nitrogens is 2. The van der Waals surface area contributed by atoms with Gasteiger partial charge in [0.2, 0.25) is 0 Å². The van der Waals surface area contributed by atoms with E-state index in [4.69, 9.17) is 4.74 Å². The van der Waals surface area contributed by atoms with Gasteiger partial charge in [0.15, 0.2) is 0 Å². The van der Waals surface area contributed by atoms with Gasteiger partial charge in [0.1, 0.15) is 6.33 Å². The zero-order chi connectivity index (χ0) is 11.4. The molecule has 1 aliphatic heterocycles. The minimum atomic E-state index is -0.0138. The normalized spacial score (nSPS) is 20.3. The molecule has 88 valence electrons. The maximum atomic E-state index is 11.9. The highest BCUT2D eigenvalue weighted by molar-refractivity contribution is 5.76. The molecule has 1 aromatic heterocycles. The first-order valence-electron chi connectivity index (χ1n) is 5.70. The molecule has 0 spiro atoms. The van der Waals surface area contributed by atoms with Crippen LogP contribution in [0.4, 0.5) is 4.79 Å². The molecule has 1 aliphatic rings. The first kappa shape index (κ1) is 11.1. The molecule has 0 saturated carbocycles. The summed E-state index contributed by atoms with van der Waals surface area (Å²) < 4.78 is 7.13. The topological polar surface area (TPSA) is 47.4 Å². The first-order valence-corrected chi connectivity index (χ1v) is 5.70. The number of ether oxygens (including phenoxy) is 1. The van der Waals surface area contributed by atoms with Crippen molar-refractivity contribution in [1.82, 2.24) is 14.5 Å². The second kappa shape index (κ2) is 5.12. The maximum absolute atomic E-state index is 11.9. The zero-order valence-electron chi connectivity index (χ0n) is 9.50. The molecule has 0 aliphatic carbocycles. The van der Waals surface area contributed by atoms with Crippen LogP contribution in [0.25, 0.3) is 0 Å². The third kappa shape index (κ3) is 2.41. The second-order valence-corrected chi connectivity index (χ2v) is 3.98. The zero-order valence-corrected chi connectivity index (χ0v) is 9.50. The third-order valence-electron chi connectivity index (χ3n) is 2.70. The summed E-state index contributed by atoms with van der Waals surface area (Å²) in [5, 5.41) is 0. The maximum Gasteiger partial charge on any atom is 0.329 e. The van der Waals surface area contributed by atoms with E-state index in [0.29, 0.717) is 6.54 Å². The lowest BCUT2D eigenvalue weighted by molar-refractivity contribution is 0.0617. The third-order valence-corrected chi connectivity index (χ3v) is 2.70. The van der Waals surface area contributed by atoms with Crippen molar-refractivity contribution in [2.45, 2.75) is 25.9 Å². The van der Waals surface area contributed by atoms with E-state index in [0.717, 1.165) is 26.0 Å². The summed E-state index contributed by atoms with van der Waals surface area (Å²) in [7, 11) is 0. The summed E-state index contributed by atoms with van der Waals surface area (Å²) in [6, 6.07) is -0.0138. The largest absolute Gasteiger partial charge is 0.376 e. The number of nitrogens with zero attached hydrogens (tertiary/aromatic N) is 3. The van der Waals surface area contributed by atoms with Crippen molar-refractivity contribution in [3.63, 3.8) is 0 Å². The molecule has 1 fully saturated rings. The molecule has 2 rings (SSSR count). The Labute approximate surface area is 95.0 Å². The summed E-state index contributed by atoms with van der Waals surface area (Å²) in [6.07, 6.45) is 6.96. The average Bonchev–Trinajstić information content (AvgIpc) is 2.96. The van der Waals surface area contributed by atoms with E-state index in [1.165, 1.54) is 10.9 Å². The van der Waals surface area contributed by atoms with Crippen molar-refractivity contribution in [2.24, 2.45) is 0 Å². The van der Waals surface area contributed by atoms with Crippen LogP contribution in [0.2, 0.25) is 0 Å². The van der Waals surface area contributed by atoms with Crippen molar-refractivity contribution in [3.05, 3.63) is 18.7 Å². The van der Waals surface area contributed by atoms with Crippen LogP contribution in [-0.2, 0) is 4.74 Å². The Balaban J connectivity index is 1.86. The minimum absolute atomic E-state index is 0.0138. The highest BCUT2D eigenvalue weighted by Gasteiger charge is 2.27. The monoisotopic (exact) mass is 223 g/mol. The molecule has 1 amide bonds. The van der Waals surface area contributed by atoms with Crippen LogP contribution in [0, 0.1) is 0 Å². The van der Waals surface area contributed by atoms with Gasteiger partial charge in [0.05, 0.1) is 6.10 Å². The van der Waals surface area contributed by atoms with Gasteiger partial charge in [-0.25, -0.2) is 9.78 Å². The molecule has 0 radical (unpaired) electrons. The molecular weight excluding hydrogens is 206 g/mol. The van der Waals surface area contributed by atoms with Crippen LogP contribution in [0.15, 0.2) is 18.7 Å². The van der Waals surface area contributed by atoms with E-state index in [1.807, 2.05) is 4.90 Å². The molecule has 2 heterocycles. The van der Waals surface area contributed by atoms with Crippen molar-refractivity contribution in [2.75, 3.05) is 19.7 Å². The molecule has 0 unspecified atom stereocenters. The molecule has 5 heteroatoms. The van der Waals surface area contributed by atoms with Crippen LogP contribution in [0.5, 0.6) is 0 Å². The van der Waals surface area contributed by atoms with Crippen LogP contribution in [-0.4, -0.2) is 46.3 Å². The van der Waals surface area contributed by atoms with Gasteiger partial charge >= 0.3 is 6.03 Å². The number of rotatable bonds is 3. The van der Waals surface area contributed by atoms with E-state index < -0.39 is 0 Å². The van der Waals surface area contributed by atoms with Gasteiger partial charge in [-0.15, -0.1) is 0 Å². The van der Waals surface area contributed by atoms with Crippen LogP contribution >= 0.6 is 0 Å². The standard InChI is InChI=1S/C11H17N3O2/c1-2-7-16-10-3-5-13(8-10)11(15)14-6-4-12-9-14/h4,6,9-10H,2-3,5,7-8H2,1H3/t10-/m1/s1. The van der Waals surface area contributed by atoms with E-state index in [9.17, 15) is 4.79 Å². The van der Waals surface area contributed by atoms with E-state index >= 15 is 0 Å². The number of imidazole rings is 1. The molecule has 1 atom stereocenters. The Bertz CT molecular complexity index is 337. The Morgan fingerprint density at radius 2 is 2.50 bits per heavy atom. The number of hydrogen-bond acceptors (Lipinski definition) is 3. The first-order chi connectivity index (χ1) is 7.81. The van der Waals surface area contributed by atoms with Crippen molar-refractivity contribution in [3.8, 4) is 0 Å². The number of carbonyl (C=O) groups excluding carboxylic acids is 1. The van der Waals surface area contributed by atoms with Crippen molar-refractivity contribution >= 4 is 6.03 Å². The molecule has 0 N–H and O–H groups in total. The summed E-state index contributed by atoms with van der Waals surface area (Å²) in [5.74, 6) is 0. The lowest BCUT2D eigenvalue weighted by Crippen LogP contribution is -2.33.